The average molecular weight is 278 g/mol. The van der Waals surface area contributed by atoms with Gasteiger partial charge in [0.2, 0.25) is 12.0 Å². The Balaban J connectivity index is 2.97. The molecular weight excluding hydrogens is 255 g/mol. The summed E-state index contributed by atoms with van der Waals surface area (Å²) in [6.07, 6.45) is 1.00. The first-order valence-electron chi connectivity index (χ1n) is 7.37. The van der Waals surface area contributed by atoms with Gasteiger partial charge in [0.1, 0.15) is 0 Å². The number of rotatable bonds is 8. The summed E-state index contributed by atoms with van der Waals surface area (Å²) in [6, 6.07) is 5.53. The van der Waals surface area contributed by atoms with Crippen molar-refractivity contribution < 1.29 is 14.0 Å². The fourth-order valence-corrected chi connectivity index (χ4v) is 2.14. The van der Waals surface area contributed by atoms with E-state index in [1.165, 1.54) is 0 Å². The van der Waals surface area contributed by atoms with Crippen molar-refractivity contribution >= 4 is 11.6 Å². The second-order valence-corrected chi connectivity index (χ2v) is 5.00. The van der Waals surface area contributed by atoms with Crippen molar-refractivity contribution in [1.82, 2.24) is 0 Å². The Labute approximate surface area is 120 Å². The normalized spacial score (nSPS) is 12.2. The Hall–Kier alpha value is -1.51. The van der Waals surface area contributed by atoms with Crippen LogP contribution in [0.15, 0.2) is 18.2 Å². The quantitative estimate of drug-likeness (QED) is 0.530. The fourth-order valence-electron chi connectivity index (χ4n) is 2.14. The van der Waals surface area contributed by atoms with Gasteiger partial charge < -0.3 is 0 Å². The van der Waals surface area contributed by atoms with E-state index in [1.54, 1.807) is 6.07 Å². The third kappa shape index (κ3) is 3.99. The molecule has 20 heavy (non-hydrogen) atoms. The summed E-state index contributed by atoms with van der Waals surface area (Å²) >= 11 is 0. The van der Waals surface area contributed by atoms with Gasteiger partial charge in [0.15, 0.2) is 5.78 Å². The predicted octanol–water partition coefficient (Wildman–Crippen LogP) is 4.09. The first-order chi connectivity index (χ1) is 9.54. The van der Waals surface area contributed by atoms with E-state index in [0.717, 1.165) is 24.0 Å². The van der Waals surface area contributed by atoms with Crippen LogP contribution in [0.1, 0.15) is 61.5 Å². The lowest BCUT2D eigenvalue weighted by molar-refractivity contribution is -0.122. The molecule has 3 heteroatoms. The van der Waals surface area contributed by atoms with E-state index in [9.17, 15) is 14.0 Å². The molecule has 0 radical (unpaired) electrons. The molecule has 0 aromatic heterocycles. The van der Waals surface area contributed by atoms with Crippen molar-refractivity contribution in [3.05, 3.63) is 34.9 Å². The lowest BCUT2D eigenvalue weighted by atomic mass is 9.94. The van der Waals surface area contributed by atoms with E-state index in [4.69, 9.17) is 0 Å². The number of benzene rings is 1. The molecule has 2 nitrogen and oxygen atoms in total. The number of carbonyl (C=O) groups excluding carboxylic acids is 2. The van der Waals surface area contributed by atoms with Crippen LogP contribution in [0.5, 0.6) is 0 Å². The SMILES string of the molecule is CCCCC(=O)C(F)C(=O)c1cc(CC)ccc1CC. The average Bonchev–Trinajstić information content (AvgIpc) is 2.50. The van der Waals surface area contributed by atoms with Crippen molar-refractivity contribution in [2.75, 3.05) is 0 Å². The van der Waals surface area contributed by atoms with Gasteiger partial charge in [-0.15, -0.1) is 0 Å². The molecule has 1 rings (SSSR count). The fraction of sp³-hybridized carbons (Fsp3) is 0.529. The summed E-state index contributed by atoms with van der Waals surface area (Å²) in [6.45, 7) is 5.83. The summed E-state index contributed by atoms with van der Waals surface area (Å²) in [7, 11) is 0. The minimum atomic E-state index is -2.01. The van der Waals surface area contributed by atoms with E-state index < -0.39 is 17.7 Å². The van der Waals surface area contributed by atoms with Crippen LogP contribution < -0.4 is 0 Å². The lowest BCUT2D eigenvalue weighted by Gasteiger charge is -2.11. The van der Waals surface area contributed by atoms with Crippen molar-refractivity contribution in [3.8, 4) is 0 Å². The van der Waals surface area contributed by atoms with Crippen LogP contribution >= 0.6 is 0 Å². The highest BCUT2D eigenvalue weighted by atomic mass is 19.1. The zero-order valence-electron chi connectivity index (χ0n) is 12.5. The van der Waals surface area contributed by atoms with Crippen LogP contribution in [0, 0.1) is 0 Å². The van der Waals surface area contributed by atoms with E-state index in [2.05, 4.69) is 0 Å². The van der Waals surface area contributed by atoms with E-state index in [1.807, 2.05) is 32.9 Å². The molecule has 0 fully saturated rings. The van der Waals surface area contributed by atoms with Gasteiger partial charge in [0.05, 0.1) is 0 Å². The largest absolute Gasteiger partial charge is 0.296 e. The van der Waals surface area contributed by atoms with Crippen LogP contribution in [-0.2, 0) is 17.6 Å². The molecule has 1 aromatic carbocycles. The van der Waals surface area contributed by atoms with Crippen LogP contribution in [0.3, 0.4) is 0 Å². The number of alkyl halides is 1. The van der Waals surface area contributed by atoms with Gasteiger partial charge >= 0.3 is 0 Å². The monoisotopic (exact) mass is 278 g/mol. The third-order valence-electron chi connectivity index (χ3n) is 3.52. The highest BCUT2D eigenvalue weighted by Gasteiger charge is 2.27. The number of carbonyl (C=O) groups is 2. The van der Waals surface area contributed by atoms with E-state index in [-0.39, 0.29) is 6.42 Å². The predicted molar refractivity (Wildman–Crippen MR) is 79.0 cm³/mol. The molecule has 0 heterocycles. The zero-order chi connectivity index (χ0) is 15.1. The minimum Gasteiger partial charge on any atom is -0.296 e. The second-order valence-electron chi connectivity index (χ2n) is 5.00. The highest BCUT2D eigenvalue weighted by Crippen LogP contribution is 2.18. The number of unbranched alkanes of at least 4 members (excludes halogenated alkanes) is 1. The summed E-state index contributed by atoms with van der Waals surface area (Å²) in [5.74, 6) is -1.28. The molecule has 0 bridgehead atoms. The van der Waals surface area contributed by atoms with Gasteiger partial charge in [-0.1, -0.05) is 39.3 Å². The standard InChI is InChI=1S/C17H23FO2/c1-4-7-8-15(19)16(18)17(20)14-11-12(5-2)9-10-13(14)6-3/h9-11,16H,4-8H2,1-3H3. The minimum absolute atomic E-state index is 0.137. The molecule has 0 N–H and O–H groups in total. The zero-order valence-corrected chi connectivity index (χ0v) is 12.5. The maximum Gasteiger partial charge on any atom is 0.220 e. The number of Topliss-reactive ketones (excluding diaryl/α,β-unsaturated/α-hetero) is 2. The van der Waals surface area contributed by atoms with Crippen molar-refractivity contribution in [3.63, 3.8) is 0 Å². The summed E-state index contributed by atoms with van der Waals surface area (Å²) < 4.78 is 14.1. The Morgan fingerprint density at radius 3 is 2.40 bits per heavy atom. The molecule has 1 aromatic rings. The molecule has 0 saturated heterocycles. The van der Waals surface area contributed by atoms with Crippen molar-refractivity contribution in [2.45, 2.75) is 59.0 Å². The highest BCUT2D eigenvalue weighted by molar-refractivity contribution is 6.13. The first-order valence-corrected chi connectivity index (χ1v) is 7.37. The topological polar surface area (TPSA) is 34.1 Å². The summed E-state index contributed by atoms with van der Waals surface area (Å²) in [5.41, 5.74) is 2.15. The molecule has 0 spiro atoms. The molecule has 1 atom stereocenters. The smallest absolute Gasteiger partial charge is 0.220 e. The van der Waals surface area contributed by atoms with E-state index in [0.29, 0.717) is 18.4 Å². The molecule has 0 aliphatic rings. The Bertz CT molecular complexity index is 480. The van der Waals surface area contributed by atoms with Crippen LogP contribution in [0.25, 0.3) is 0 Å². The van der Waals surface area contributed by atoms with Crippen LogP contribution in [0.4, 0.5) is 4.39 Å². The molecule has 110 valence electrons. The second kappa shape index (κ2) is 7.93. The summed E-state index contributed by atoms with van der Waals surface area (Å²) in [4.78, 5) is 23.9. The molecular formula is C17H23FO2. The number of ketones is 2. The summed E-state index contributed by atoms with van der Waals surface area (Å²) in [5, 5.41) is 0. The molecule has 0 saturated carbocycles. The van der Waals surface area contributed by atoms with Crippen molar-refractivity contribution in [1.29, 1.82) is 0 Å². The number of hydrogen-bond acceptors (Lipinski definition) is 2. The third-order valence-corrected chi connectivity index (χ3v) is 3.52. The molecule has 0 aliphatic heterocycles. The van der Waals surface area contributed by atoms with Gasteiger partial charge in [0.25, 0.3) is 0 Å². The molecule has 0 amide bonds. The van der Waals surface area contributed by atoms with Gasteiger partial charge in [-0.25, -0.2) is 4.39 Å². The van der Waals surface area contributed by atoms with Gasteiger partial charge in [-0.2, -0.15) is 0 Å². The van der Waals surface area contributed by atoms with Crippen LogP contribution in [-0.4, -0.2) is 17.7 Å². The Morgan fingerprint density at radius 2 is 1.85 bits per heavy atom. The van der Waals surface area contributed by atoms with Gasteiger partial charge in [-0.05, 0) is 36.5 Å². The maximum atomic E-state index is 14.1. The van der Waals surface area contributed by atoms with E-state index >= 15 is 0 Å². The molecule has 1 unspecified atom stereocenters. The van der Waals surface area contributed by atoms with Crippen LogP contribution in [0.2, 0.25) is 0 Å². The lowest BCUT2D eigenvalue weighted by Crippen LogP contribution is -2.26. The Kier molecular flexibility index (Phi) is 6.56. The number of halogens is 1. The number of aryl methyl sites for hydroxylation is 2. The maximum absolute atomic E-state index is 14.1. The molecule has 0 aliphatic carbocycles. The Morgan fingerprint density at radius 1 is 1.15 bits per heavy atom. The van der Waals surface area contributed by atoms with Crippen molar-refractivity contribution in [2.24, 2.45) is 0 Å². The first kappa shape index (κ1) is 16.5. The van der Waals surface area contributed by atoms with Gasteiger partial charge in [-0.3, -0.25) is 9.59 Å². The number of hydrogen-bond donors (Lipinski definition) is 0. The van der Waals surface area contributed by atoms with Gasteiger partial charge in [0, 0.05) is 12.0 Å².